The number of rotatable bonds is 6. The summed E-state index contributed by atoms with van der Waals surface area (Å²) < 4.78 is 39.8. The number of nitrogens with two attached hydrogens (primary N) is 1. The number of hydrogen-bond donors (Lipinski definition) is 3. The van der Waals surface area contributed by atoms with Gasteiger partial charge in [-0.2, -0.15) is 0 Å². The van der Waals surface area contributed by atoms with Crippen molar-refractivity contribution < 1.29 is 17.9 Å². The van der Waals surface area contributed by atoms with E-state index in [-0.39, 0.29) is 12.2 Å². The van der Waals surface area contributed by atoms with Gasteiger partial charge in [-0.1, -0.05) is 19.9 Å². The smallest absolute Gasteiger partial charge is 0.245 e. The zero-order chi connectivity index (χ0) is 14.7. The molecule has 0 radical (unpaired) electrons. The number of hydrogen-bond acceptors (Lipinski definition) is 4. The van der Waals surface area contributed by atoms with Crippen LogP contribution >= 0.6 is 0 Å². The molecule has 7 heteroatoms. The lowest BCUT2D eigenvalue weighted by atomic mass is 9.98. The lowest BCUT2D eigenvalue weighted by Gasteiger charge is -2.25. The highest BCUT2D eigenvalue weighted by Crippen LogP contribution is 2.22. The van der Waals surface area contributed by atoms with E-state index in [4.69, 9.17) is 5.73 Å². The number of anilines is 1. The molecule has 0 aliphatic heterocycles. The van der Waals surface area contributed by atoms with Gasteiger partial charge < -0.3 is 10.8 Å². The largest absolute Gasteiger partial charge is 0.398 e. The Morgan fingerprint density at radius 3 is 2.42 bits per heavy atom. The second-order valence-electron chi connectivity index (χ2n) is 4.41. The molecule has 0 bridgehead atoms. The highest BCUT2D eigenvalue weighted by atomic mass is 32.2. The highest BCUT2D eigenvalue weighted by Gasteiger charge is 2.28. The van der Waals surface area contributed by atoms with Gasteiger partial charge in [0.25, 0.3) is 0 Å². The van der Waals surface area contributed by atoms with Crippen LogP contribution in [0.25, 0.3) is 0 Å². The first-order valence-corrected chi connectivity index (χ1v) is 7.50. The minimum absolute atomic E-state index is 0.163. The SMILES string of the molecule is CCC(O)(CC)CNS(=O)(=O)c1c(N)cccc1F. The number of sulfonamides is 1. The van der Waals surface area contributed by atoms with Crippen LogP contribution in [-0.2, 0) is 10.0 Å². The van der Waals surface area contributed by atoms with Gasteiger partial charge in [0.2, 0.25) is 10.0 Å². The van der Waals surface area contributed by atoms with Crippen molar-refractivity contribution in [1.82, 2.24) is 4.72 Å². The molecule has 4 N–H and O–H groups in total. The van der Waals surface area contributed by atoms with Gasteiger partial charge in [-0.3, -0.25) is 0 Å². The Kier molecular flexibility index (Phi) is 4.89. The van der Waals surface area contributed by atoms with Crippen LogP contribution in [0.3, 0.4) is 0 Å². The van der Waals surface area contributed by atoms with Gasteiger partial charge in [-0.05, 0) is 25.0 Å². The van der Waals surface area contributed by atoms with Crippen molar-refractivity contribution in [1.29, 1.82) is 0 Å². The summed E-state index contributed by atoms with van der Waals surface area (Å²) in [7, 11) is -4.08. The van der Waals surface area contributed by atoms with Gasteiger partial charge in [-0.25, -0.2) is 17.5 Å². The minimum Gasteiger partial charge on any atom is -0.398 e. The lowest BCUT2D eigenvalue weighted by molar-refractivity contribution is 0.0377. The summed E-state index contributed by atoms with van der Waals surface area (Å²) in [6.07, 6.45) is 0.775. The van der Waals surface area contributed by atoms with E-state index in [1.54, 1.807) is 13.8 Å². The molecule has 0 saturated heterocycles. The topological polar surface area (TPSA) is 92.4 Å². The maximum absolute atomic E-state index is 13.6. The quantitative estimate of drug-likeness (QED) is 0.687. The number of aliphatic hydroxyl groups is 1. The number of nitrogen functional groups attached to an aromatic ring is 1. The molecular weight excluding hydrogens is 271 g/mol. The fourth-order valence-electron chi connectivity index (χ4n) is 1.61. The molecule has 1 rings (SSSR count). The summed E-state index contributed by atoms with van der Waals surface area (Å²) in [5.74, 6) is -0.913. The van der Waals surface area contributed by atoms with Crippen LogP contribution < -0.4 is 10.5 Å². The highest BCUT2D eigenvalue weighted by molar-refractivity contribution is 7.89. The van der Waals surface area contributed by atoms with E-state index < -0.39 is 26.3 Å². The molecule has 0 saturated carbocycles. The van der Waals surface area contributed by atoms with E-state index in [0.717, 1.165) is 6.07 Å². The molecule has 0 spiro atoms. The van der Waals surface area contributed by atoms with Crippen LogP contribution in [0.2, 0.25) is 0 Å². The monoisotopic (exact) mass is 290 g/mol. The first-order valence-electron chi connectivity index (χ1n) is 6.02. The van der Waals surface area contributed by atoms with Gasteiger partial charge in [0.15, 0.2) is 0 Å². The van der Waals surface area contributed by atoms with Gasteiger partial charge in [0.1, 0.15) is 10.7 Å². The molecule has 5 nitrogen and oxygen atoms in total. The van der Waals surface area contributed by atoms with Crippen molar-refractivity contribution in [2.24, 2.45) is 0 Å². The fourth-order valence-corrected chi connectivity index (χ4v) is 2.92. The van der Waals surface area contributed by atoms with E-state index >= 15 is 0 Å². The standard InChI is InChI=1S/C12H19FN2O3S/c1-3-12(16,4-2)8-15-19(17,18)11-9(13)6-5-7-10(11)14/h5-7,15-16H,3-4,8,14H2,1-2H3. The van der Waals surface area contributed by atoms with Gasteiger partial charge in [0, 0.05) is 6.54 Å². The average Bonchev–Trinajstić information content (AvgIpc) is 2.35. The zero-order valence-electron chi connectivity index (χ0n) is 11.0. The van der Waals surface area contributed by atoms with Crippen LogP contribution in [-0.4, -0.2) is 25.7 Å². The first kappa shape index (κ1) is 15.9. The minimum atomic E-state index is -4.08. The Balaban J connectivity index is 3.00. The Hall–Kier alpha value is -1.18. The van der Waals surface area contributed by atoms with Crippen LogP contribution in [0, 0.1) is 5.82 Å². The van der Waals surface area contributed by atoms with Crippen molar-refractivity contribution in [2.45, 2.75) is 37.2 Å². The third-order valence-corrected chi connectivity index (χ3v) is 4.67. The second kappa shape index (κ2) is 5.85. The molecule has 0 atom stereocenters. The molecule has 0 aromatic heterocycles. The molecule has 19 heavy (non-hydrogen) atoms. The van der Waals surface area contributed by atoms with E-state index in [1.807, 2.05) is 0 Å². The average molecular weight is 290 g/mol. The summed E-state index contributed by atoms with van der Waals surface area (Å²) in [4.78, 5) is -0.579. The summed E-state index contributed by atoms with van der Waals surface area (Å²) in [6, 6.07) is 3.67. The van der Waals surface area contributed by atoms with Crippen molar-refractivity contribution in [3.05, 3.63) is 24.0 Å². The Bertz CT molecular complexity index is 522. The molecule has 0 aliphatic carbocycles. The van der Waals surface area contributed by atoms with Crippen molar-refractivity contribution >= 4 is 15.7 Å². The summed E-state index contributed by atoms with van der Waals surface area (Å²) in [6.45, 7) is 3.31. The molecule has 0 amide bonds. The maximum Gasteiger partial charge on any atom is 0.245 e. The summed E-state index contributed by atoms with van der Waals surface area (Å²) in [5, 5.41) is 10.0. The first-order chi connectivity index (χ1) is 8.75. The normalized spacial score (nSPS) is 12.6. The van der Waals surface area contributed by atoms with Gasteiger partial charge in [-0.15, -0.1) is 0 Å². The number of benzene rings is 1. The van der Waals surface area contributed by atoms with Crippen LogP contribution in [0.4, 0.5) is 10.1 Å². The van der Waals surface area contributed by atoms with E-state index in [2.05, 4.69) is 4.72 Å². The summed E-state index contributed by atoms with van der Waals surface area (Å²) in [5.41, 5.74) is 4.18. The van der Waals surface area contributed by atoms with Crippen molar-refractivity contribution in [3.63, 3.8) is 0 Å². The lowest BCUT2D eigenvalue weighted by Crippen LogP contribution is -2.42. The second-order valence-corrected chi connectivity index (χ2v) is 6.12. The van der Waals surface area contributed by atoms with E-state index in [1.165, 1.54) is 12.1 Å². The van der Waals surface area contributed by atoms with Crippen LogP contribution in [0.1, 0.15) is 26.7 Å². The third-order valence-electron chi connectivity index (χ3n) is 3.17. The number of halogens is 1. The molecule has 0 aliphatic rings. The molecule has 0 fully saturated rings. The Labute approximate surface area is 112 Å². The number of nitrogens with one attached hydrogen (secondary N) is 1. The molecule has 1 aromatic carbocycles. The molecular formula is C12H19FN2O3S. The third kappa shape index (κ3) is 3.65. The van der Waals surface area contributed by atoms with Gasteiger partial charge >= 0.3 is 0 Å². The predicted molar refractivity (Wildman–Crippen MR) is 71.5 cm³/mol. The molecule has 1 aromatic rings. The molecule has 0 heterocycles. The van der Waals surface area contributed by atoms with Crippen molar-refractivity contribution in [3.8, 4) is 0 Å². The molecule has 0 unspecified atom stereocenters. The van der Waals surface area contributed by atoms with Crippen molar-refractivity contribution in [2.75, 3.05) is 12.3 Å². The fraction of sp³-hybridized carbons (Fsp3) is 0.500. The van der Waals surface area contributed by atoms with Crippen LogP contribution in [0.15, 0.2) is 23.1 Å². The maximum atomic E-state index is 13.6. The van der Waals surface area contributed by atoms with E-state index in [9.17, 15) is 17.9 Å². The Morgan fingerprint density at radius 1 is 1.37 bits per heavy atom. The Morgan fingerprint density at radius 2 is 1.95 bits per heavy atom. The van der Waals surface area contributed by atoms with Crippen LogP contribution in [0.5, 0.6) is 0 Å². The van der Waals surface area contributed by atoms with E-state index in [0.29, 0.717) is 12.8 Å². The predicted octanol–water partition coefficient (Wildman–Crippen LogP) is 1.24. The zero-order valence-corrected chi connectivity index (χ0v) is 11.8. The summed E-state index contributed by atoms with van der Waals surface area (Å²) >= 11 is 0. The molecule has 108 valence electrons. The van der Waals surface area contributed by atoms with Gasteiger partial charge in [0.05, 0.1) is 11.3 Å².